The highest BCUT2D eigenvalue weighted by Crippen LogP contribution is 2.34. The lowest BCUT2D eigenvalue weighted by Gasteiger charge is -2.41. The number of carboxylic acids is 1. The second kappa shape index (κ2) is 8.38. The number of nitrogens with zero attached hydrogens (tertiary/aromatic N) is 2. The van der Waals surface area contributed by atoms with Gasteiger partial charge in [-0.25, -0.2) is 14.8 Å². The van der Waals surface area contributed by atoms with Crippen molar-refractivity contribution >= 4 is 5.97 Å². The molecule has 1 fully saturated rings. The Balaban J connectivity index is 1.40. The lowest BCUT2D eigenvalue weighted by Crippen LogP contribution is -2.49. The van der Waals surface area contributed by atoms with E-state index in [-0.39, 0.29) is 6.61 Å². The molecule has 0 radical (unpaired) electrons. The van der Waals surface area contributed by atoms with Crippen molar-refractivity contribution in [3.63, 3.8) is 0 Å². The molecule has 0 spiro atoms. The largest absolute Gasteiger partial charge is 0.489 e. The van der Waals surface area contributed by atoms with Crippen LogP contribution in [-0.2, 0) is 26.5 Å². The number of hydrogen-bond acceptors (Lipinski definition) is 6. The fraction of sp³-hybridized carbons (Fsp3) is 0.227. The predicted octanol–water partition coefficient (Wildman–Crippen LogP) is 3.05. The van der Waals surface area contributed by atoms with Crippen molar-refractivity contribution in [1.29, 1.82) is 0 Å². The molecule has 1 N–H and O–H groups in total. The highest BCUT2D eigenvalue weighted by Gasteiger charge is 2.42. The fourth-order valence-electron chi connectivity index (χ4n) is 3.13. The lowest BCUT2D eigenvalue weighted by molar-refractivity contribution is -0.220. The SMILES string of the molecule is O=C(O)COC1(c2ccc(OCc3cccc(-c4cncnc4)c3)cc2)COC1. The first kappa shape index (κ1) is 19.0. The van der Waals surface area contributed by atoms with Crippen molar-refractivity contribution in [2.24, 2.45) is 0 Å². The molecule has 2 heterocycles. The molecule has 0 aliphatic carbocycles. The van der Waals surface area contributed by atoms with Gasteiger partial charge in [-0.05, 0) is 34.9 Å². The van der Waals surface area contributed by atoms with Crippen LogP contribution in [0.3, 0.4) is 0 Å². The van der Waals surface area contributed by atoms with Crippen LogP contribution >= 0.6 is 0 Å². The number of ether oxygens (including phenoxy) is 3. The normalized spacial score (nSPS) is 14.8. The Hall–Kier alpha value is -3.29. The third-order valence-electron chi connectivity index (χ3n) is 4.75. The molecule has 0 bridgehead atoms. The topological polar surface area (TPSA) is 90.8 Å². The number of aliphatic carboxylic acids is 1. The van der Waals surface area contributed by atoms with Gasteiger partial charge in [-0.15, -0.1) is 0 Å². The first-order chi connectivity index (χ1) is 14.1. The van der Waals surface area contributed by atoms with Gasteiger partial charge in [0.05, 0.1) is 13.2 Å². The Kier molecular flexibility index (Phi) is 5.50. The molecular weight excluding hydrogens is 372 g/mol. The molecule has 7 nitrogen and oxygen atoms in total. The predicted molar refractivity (Wildman–Crippen MR) is 104 cm³/mol. The molecular formula is C22H20N2O5. The first-order valence-electron chi connectivity index (χ1n) is 9.16. The second-order valence-corrected chi connectivity index (χ2v) is 6.81. The summed E-state index contributed by atoms with van der Waals surface area (Å²) in [5, 5.41) is 8.87. The molecule has 0 saturated carbocycles. The summed E-state index contributed by atoms with van der Waals surface area (Å²) in [6.45, 7) is 0.752. The number of carbonyl (C=O) groups is 1. The van der Waals surface area contributed by atoms with Gasteiger partial charge < -0.3 is 19.3 Å². The highest BCUT2D eigenvalue weighted by molar-refractivity contribution is 5.68. The molecule has 1 saturated heterocycles. The zero-order valence-corrected chi connectivity index (χ0v) is 15.7. The maximum Gasteiger partial charge on any atom is 0.329 e. The summed E-state index contributed by atoms with van der Waals surface area (Å²) in [4.78, 5) is 18.9. The maximum atomic E-state index is 10.8. The summed E-state index contributed by atoms with van der Waals surface area (Å²) >= 11 is 0. The molecule has 3 aromatic rings. The van der Waals surface area contributed by atoms with Crippen LogP contribution in [0.25, 0.3) is 11.1 Å². The van der Waals surface area contributed by atoms with Gasteiger partial charge in [0.25, 0.3) is 0 Å². The summed E-state index contributed by atoms with van der Waals surface area (Å²) in [6, 6.07) is 15.5. The van der Waals surface area contributed by atoms with Gasteiger partial charge >= 0.3 is 5.97 Å². The minimum Gasteiger partial charge on any atom is -0.489 e. The molecule has 1 aliphatic heterocycles. The number of aromatic nitrogens is 2. The van der Waals surface area contributed by atoms with Gasteiger partial charge in [-0.1, -0.05) is 30.3 Å². The van der Waals surface area contributed by atoms with E-state index in [9.17, 15) is 4.79 Å². The molecule has 148 valence electrons. The second-order valence-electron chi connectivity index (χ2n) is 6.81. The third kappa shape index (κ3) is 4.42. The van der Waals surface area contributed by atoms with Crippen molar-refractivity contribution in [2.45, 2.75) is 12.2 Å². The van der Waals surface area contributed by atoms with E-state index in [2.05, 4.69) is 9.97 Å². The Labute approximate surface area is 167 Å². The van der Waals surface area contributed by atoms with Gasteiger partial charge in [0.1, 0.15) is 30.9 Å². The number of carboxylic acid groups (broad SMARTS) is 1. The van der Waals surface area contributed by atoms with Crippen LogP contribution in [0.15, 0.2) is 67.3 Å². The first-order valence-corrected chi connectivity index (χ1v) is 9.16. The summed E-state index contributed by atoms with van der Waals surface area (Å²) in [6.07, 6.45) is 5.06. The van der Waals surface area contributed by atoms with Gasteiger partial charge in [0.15, 0.2) is 0 Å². The van der Waals surface area contributed by atoms with E-state index in [0.29, 0.717) is 19.8 Å². The third-order valence-corrected chi connectivity index (χ3v) is 4.75. The molecule has 0 amide bonds. The van der Waals surface area contributed by atoms with Crippen LogP contribution in [0.2, 0.25) is 0 Å². The van der Waals surface area contributed by atoms with Crippen molar-refractivity contribution in [2.75, 3.05) is 19.8 Å². The fourth-order valence-corrected chi connectivity index (χ4v) is 3.13. The van der Waals surface area contributed by atoms with Crippen molar-refractivity contribution in [3.05, 3.63) is 78.4 Å². The Morgan fingerprint density at radius 2 is 1.83 bits per heavy atom. The van der Waals surface area contributed by atoms with E-state index in [1.54, 1.807) is 12.4 Å². The molecule has 1 aliphatic rings. The zero-order chi connectivity index (χ0) is 20.1. The standard InChI is InChI=1S/C22H20N2O5/c25-21(26)12-29-22(13-27-14-22)19-4-6-20(7-5-19)28-11-16-2-1-3-17(8-16)18-9-23-15-24-10-18/h1-10,15H,11-14H2,(H,25,26). The van der Waals surface area contributed by atoms with E-state index in [1.165, 1.54) is 6.33 Å². The highest BCUT2D eigenvalue weighted by atomic mass is 16.6. The number of hydrogen-bond donors (Lipinski definition) is 1. The van der Waals surface area contributed by atoms with Crippen LogP contribution in [-0.4, -0.2) is 40.9 Å². The zero-order valence-electron chi connectivity index (χ0n) is 15.7. The average Bonchev–Trinajstić information content (AvgIpc) is 2.73. The Morgan fingerprint density at radius 1 is 1.07 bits per heavy atom. The molecule has 4 rings (SSSR count). The molecule has 7 heteroatoms. The van der Waals surface area contributed by atoms with Crippen molar-refractivity contribution in [1.82, 2.24) is 9.97 Å². The summed E-state index contributed by atoms with van der Waals surface area (Å²) in [5.41, 5.74) is 3.20. The number of benzene rings is 2. The molecule has 0 unspecified atom stereocenters. The average molecular weight is 392 g/mol. The quantitative estimate of drug-likeness (QED) is 0.630. The number of rotatable bonds is 8. The molecule has 0 atom stereocenters. The van der Waals surface area contributed by atoms with E-state index in [4.69, 9.17) is 19.3 Å². The minimum atomic E-state index is -1.000. The summed E-state index contributed by atoms with van der Waals surface area (Å²) in [7, 11) is 0. The van der Waals surface area contributed by atoms with E-state index in [0.717, 1.165) is 28.0 Å². The molecule has 1 aromatic heterocycles. The van der Waals surface area contributed by atoms with Gasteiger partial charge in [-0.2, -0.15) is 0 Å². The van der Waals surface area contributed by atoms with Crippen molar-refractivity contribution in [3.8, 4) is 16.9 Å². The minimum absolute atomic E-state index is 0.344. The van der Waals surface area contributed by atoms with E-state index in [1.807, 2.05) is 48.5 Å². The van der Waals surface area contributed by atoms with E-state index >= 15 is 0 Å². The Bertz CT molecular complexity index is 972. The van der Waals surface area contributed by atoms with E-state index < -0.39 is 11.6 Å². The monoisotopic (exact) mass is 392 g/mol. The van der Waals surface area contributed by atoms with Crippen LogP contribution in [0.5, 0.6) is 5.75 Å². The Morgan fingerprint density at radius 3 is 2.48 bits per heavy atom. The van der Waals surface area contributed by atoms with Crippen LogP contribution in [0, 0.1) is 0 Å². The van der Waals surface area contributed by atoms with Crippen LogP contribution < -0.4 is 4.74 Å². The van der Waals surface area contributed by atoms with Crippen molar-refractivity contribution < 1.29 is 24.1 Å². The molecule has 29 heavy (non-hydrogen) atoms. The van der Waals surface area contributed by atoms with Gasteiger partial charge in [-0.3, -0.25) is 0 Å². The smallest absolute Gasteiger partial charge is 0.329 e. The lowest BCUT2D eigenvalue weighted by atomic mass is 9.91. The summed E-state index contributed by atoms with van der Waals surface area (Å²) < 4.78 is 16.7. The molecule has 2 aromatic carbocycles. The maximum absolute atomic E-state index is 10.8. The van der Waals surface area contributed by atoms with Crippen LogP contribution in [0.1, 0.15) is 11.1 Å². The van der Waals surface area contributed by atoms with Gasteiger partial charge in [0, 0.05) is 18.0 Å². The summed E-state index contributed by atoms with van der Waals surface area (Å²) in [5.74, 6) is -0.281. The van der Waals surface area contributed by atoms with Gasteiger partial charge in [0.2, 0.25) is 0 Å². The van der Waals surface area contributed by atoms with Crippen LogP contribution in [0.4, 0.5) is 0 Å².